The van der Waals surface area contributed by atoms with E-state index in [1.807, 2.05) is 36.4 Å². The molecule has 4 rings (SSSR count). The Labute approximate surface area is 192 Å². The second kappa shape index (κ2) is 9.62. The number of alkyl carbamates (subject to hydrolysis) is 1. The SMILES string of the molecule is COCC1(C(=O)O)CCCN1C(=O)CCNC(=O)OCC1c2ccccc2-c2ccccc21. The zero-order valence-electron chi connectivity index (χ0n) is 18.6. The predicted molar refractivity (Wildman–Crippen MR) is 121 cm³/mol. The lowest BCUT2D eigenvalue weighted by molar-refractivity contribution is -0.160. The molecule has 1 saturated heterocycles. The van der Waals surface area contributed by atoms with E-state index in [-0.39, 0.29) is 38.0 Å². The zero-order chi connectivity index (χ0) is 23.4. The molecule has 1 aliphatic carbocycles. The topological polar surface area (TPSA) is 105 Å². The summed E-state index contributed by atoms with van der Waals surface area (Å²) in [4.78, 5) is 38.2. The van der Waals surface area contributed by atoms with Gasteiger partial charge in [-0.05, 0) is 35.1 Å². The Morgan fingerprint density at radius 3 is 2.33 bits per heavy atom. The van der Waals surface area contributed by atoms with Crippen molar-refractivity contribution in [3.05, 3.63) is 59.7 Å². The van der Waals surface area contributed by atoms with Crippen molar-refractivity contribution in [2.45, 2.75) is 30.7 Å². The van der Waals surface area contributed by atoms with Crippen LogP contribution in [0.3, 0.4) is 0 Å². The summed E-state index contributed by atoms with van der Waals surface area (Å²) in [5, 5.41) is 12.3. The second-order valence-electron chi connectivity index (χ2n) is 8.42. The highest BCUT2D eigenvalue weighted by atomic mass is 16.5. The molecule has 8 nitrogen and oxygen atoms in total. The van der Waals surface area contributed by atoms with E-state index in [1.165, 1.54) is 12.0 Å². The number of fused-ring (bicyclic) bond motifs is 3. The first-order chi connectivity index (χ1) is 16.0. The van der Waals surface area contributed by atoms with Crippen LogP contribution in [0.15, 0.2) is 48.5 Å². The third kappa shape index (κ3) is 4.30. The van der Waals surface area contributed by atoms with Gasteiger partial charge in [-0.25, -0.2) is 9.59 Å². The van der Waals surface area contributed by atoms with Crippen molar-refractivity contribution < 1.29 is 29.0 Å². The molecule has 174 valence electrons. The van der Waals surface area contributed by atoms with Crippen molar-refractivity contribution in [2.75, 3.05) is 33.4 Å². The number of methoxy groups -OCH3 is 1. The average Bonchev–Trinajstić information content (AvgIpc) is 3.38. The zero-order valence-corrected chi connectivity index (χ0v) is 18.6. The summed E-state index contributed by atoms with van der Waals surface area (Å²) >= 11 is 0. The minimum Gasteiger partial charge on any atom is -0.479 e. The molecule has 1 atom stereocenters. The third-order valence-electron chi connectivity index (χ3n) is 6.52. The molecule has 1 unspecified atom stereocenters. The maximum absolute atomic E-state index is 12.7. The first-order valence-corrected chi connectivity index (χ1v) is 11.1. The van der Waals surface area contributed by atoms with Gasteiger partial charge in [-0.3, -0.25) is 4.79 Å². The van der Waals surface area contributed by atoms with Crippen LogP contribution in [0.25, 0.3) is 11.1 Å². The number of likely N-dealkylation sites (tertiary alicyclic amines) is 1. The molecule has 2 aromatic carbocycles. The van der Waals surface area contributed by atoms with Gasteiger partial charge in [-0.2, -0.15) is 0 Å². The first-order valence-electron chi connectivity index (χ1n) is 11.1. The van der Waals surface area contributed by atoms with E-state index < -0.39 is 17.6 Å². The molecule has 33 heavy (non-hydrogen) atoms. The number of carboxylic acid groups (broad SMARTS) is 1. The summed E-state index contributed by atoms with van der Waals surface area (Å²) in [6.07, 6.45) is 0.332. The number of amides is 2. The highest BCUT2D eigenvalue weighted by molar-refractivity contribution is 5.88. The van der Waals surface area contributed by atoms with Gasteiger partial charge in [-0.1, -0.05) is 48.5 Å². The van der Waals surface area contributed by atoms with Gasteiger partial charge in [-0.15, -0.1) is 0 Å². The first kappa shape index (κ1) is 22.8. The van der Waals surface area contributed by atoms with Crippen molar-refractivity contribution in [1.29, 1.82) is 0 Å². The van der Waals surface area contributed by atoms with Crippen molar-refractivity contribution in [2.24, 2.45) is 0 Å². The van der Waals surface area contributed by atoms with E-state index in [4.69, 9.17) is 9.47 Å². The van der Waals surface area contributed by atoms with Gasteiger partial charge in [0.05, 0.1) is 6.61 Å². The summed E-state index contributed by atoms with van der Waals surface area (Å²) in [6, 6.07) is 16.2. The Balaban J connectivity index is 1.30. The van der Waals surface area contributed by atoms with Gasteiger partial charge in [0, 0.05) is 32.5 Å². The molecule has 0 spiro atoms. The fourth-order valence-electron chi connectivity index (χ4n) is 4.97. The third-order valence-corrected chi connectivity index (χ3v) is 6.52. The van der Waals surface area contributed by atoms with E-state index in [1.54, 1.807) is 0 Å². The minimum absolute atomic E-state index is 0.0110. The molecule has 1 aliphatic heterocycles. The van der Waals surface area contributed by atoms with Crippen molar-refractivity contribution in [1.82, 2.24) is 10.2 Å². The lowest BCUT2D eigenvalue weighted by Gasteiger charge is -2.34. The monoisotopic (exact) mass is 452 g/mol. The molecular formula is C25H28N2O6. The molecule has 0 radical (unpaired) electrons. The van der Waals surface area contributed by atoms with Gasteiger partial charge < -0.3 is 24.8 Å². The van der Waals surface area contributed by atoms with Crippen LogP contribution in [0.4, 0.5) is 4.79 Å². The summed E-state index contributed by atoms with van der Waals surface area (Å²) in [6.45, 7) is 0.553. The van der Waals surface area contributed by atoms with Gasteiger partial charge in [0.15, 0.2) is 5.54 Å². The number of ether oxygens (including phenoxy) is 2. The minimum atomic E-state index is -1.34. The largest absolute Gasteiger partial charge is 0.479 e. The predicted octanol–water partition coefficient (Wildman–Crippen LogP) is 3.01. The molecule has 2 N–H and O–H groups in total. The summed E-state index contributed by atoms with van der Waals surface area (Å²) in [5.41, 5.74) is 3.21. The Kier molecular flexibility index (Phi) is 6.65. The highest BCUT2D eigenvalue weighted by Crippen LogP contribution is 2.44. The normalized spacial score (nSPS) is 19.1. The molecule has 1 heterocycles. The van der Waals surface area contributed by atoms with Crippen molar-refractivity contribution in [3.63, 3.8) is 0 Å². The molecule has 1 fully saturated rings. The Bertz CT molecular complexity index is 1010. The fourth-order valence-corrected chi connectivity index (χ4v) is 4.97. The van der Waals surface area contributed by atoms with Crippen LogP contribution in [-0.4, -0.2) is 66.9 Å². The van der Waals surface area contributed by atoms with E-state index in [0.29, 0.717) is 19.4 Å². The van der Waals surface area contributed by atoms with Gasteiger partial charge in [0.2, 0.25) is 5.91 Å². The van der Waals surface area contributed by atoms with E-state index >= 15 is 0 Å². The number of hydrogen-bond donors (Lipinski definition) is 2. The lowest BCUT2D eigenvalue weighted by Crippen LogP contribution is -2.56. The number of aliphatic carboxylic acids is 1. The molecule has 0 bridgehead atoms. The van der Waals surface area contributed by atoms with Crippen LogP contribution in [0.1, 0.15) is 36.3 Å². The number of nitrogens with zero attached hydrogens (tertiary/aromatic N) is 1. The molecule has 0 saturated carbocycles. The summed E-state index contributed by atoms with van der Waals surface area (Å²) in [7, 11) is 1.42. The smallest absolute Gasteiger partial charge is 0.407 e. The van der Waals surface area contributed by atoms with E-state index in [9.17, 15) is 19.5 Å². The van der Waals surface area contributed by atoms with Gasteiger partial charge in [0.1, 0.15) is 6.61 Å². The van der Waals surface area contributed by atoms with E-state index in [2.05, 4.69) is 17.4 Å². The number of benzene rings is 2. The Hall–Kier alpha value is -3.39. The molecule has 2 amide bonds. The van der Waals surface area contributed by atoms with E-state index in [0.717, 1.165) is 22.3 Å². The average molecular weight is 453 g/mol. The van der Waals surface area contributed by atoms with Crippen LogP contribution in [0.2, 0.25) is 0 Å². The molecule has 8 heteroatoms. The van der Waals surface area contributed by atoms with Gasteiger partial charge in [0.25, 0.3) is 0 Å². The molecule has 0 aromatic heterocycles. The maximum atomic E-state index is 12.7. The number of carbonyl (C=O) groups excluding carboxylic acids is 2. The van der Waals surface area contributed by atoms with Crippen LogP contribution >= 0.6 is 0 Å². The van der Waals surface area contributed by atoms with Crippen molar-refractivity contribution >= 4 is 18.0 Å². The molecular weight excluding hydrogens is 424 g/mol. The quantitative estimate of drug-likeness (QED) is 0.638. The fraction of sp³-hybridized carbons (Fsp3) is 0.400. The van der Waals surface area contributed by atoms with Crippen LogP contribution in [-0.2, 0) is 19.1 Å². The number of carboxylic acids is 1. The molecule has 2 aromatic rings. The standard InChI is InChI=1S/C25H28N2O6/c1-32-16-25(23(29)30)12-6-14-27(25)22(28)11-13-26-24(31)33-15-21-19-9-4-2-7-17(19)18-8-3-5-10-20(18)21/h2-5,7-10,21H,6,11-16H2,1H3,(H,26,31)(H,29,30). The van der Waals surface area contributed by atoms with Crippen LogP contribution in [0.5, 0.6) is 0 Å². The van der Waals surface area contributed by atoms with Crippen molar-refractivity contribution in [3.8, 4) is 11.1 Å². The van der Waals surface area contributed by atoms with Gasteiger partial charge >= 0.3 is 12.1 Å². The number of carbonyl (C=O) groups is 3. The number of hydrogen-bond acceptors (Lipinski definition) is 5. The number of nitrogens with one attached hydrogen (secondary N) is 1. The highest BCUT2D eigenvalue weighted by Gasteiger charge is 2.49. The Morgan fingerprint density at radius 1 is 1.09 bits per heavy atom. The second-order valence-corrected chi connectivity index (χ2v) is 8.42. The maximum Gasteiger partial charge on any atom is 0.407 e. The van der Waals surface area contributed by atoms with Crippen LogP contribution in [0, 0.1) is 0 Å². The lowest BCUT2D eigenvalue weighted by atomic mass is 9.97. The summed E-state index contributed by atoms with van der Waals surface area (Å²) in [5.74, 6) is -1.44. The molecule has 2 aliphatic rings. The summed E-state index contributed by atoms with van der Waals surface area (Å²) < 4.78 is 10.6. The number of rotatable bonds is 8. The Morgan fingerprint density at radius 2 is 1.73 bits per heavy atom. The van der Waals surface area contributed by atoms with Crippen LogP contribution < -0.4 is 5.32 Å².